The van der Waals surface area contributed by atoms with Crippen LogP contribution in [0.25, 0.3) is 0 Å². The molecular weight excluding hydrogens is 305 g/mol. The first-order chi connectivity index (χ1) is 8.40. The highest BCUT2D eigenvalue weighted by Crippen LogP contribution is 2.29. The molecule has 0 aliphatic heterocycles. The van der Waals surface area contributed by atoms with Crippen LogP contribution >= 0.6 is 22.9 Å². The number of phenolic OH excluding ortho intramolecular Hbond substituents is 1. The third-order valence-electron chi connectivity index (χ3n) is 1.87. The molecule has 0 unspecified atom stereocenters. The molecule has 0 amide bonds. The smallest absolute Gasteiger partial charge is 0.266 e. The van der Waals surface area contributed by atoms with E-state index in [-0.39, 0.29) is 10.2 Å². The largest absolute Gasteiger partial charge is 0.506 e. The molecule has 0 aliphatic rings. The summed E-state index contributed by atoms with van der Waals surface area (Å²) < 4.78 is 39.2. The molecule has 96 valence electrons. The predicted octanol–water partition coefficient (Wildman–Crippen LogP) is 1.84. The quantitative estimate of drug-likeness (QED) is 0.902. The summed E-state index contributed by atoms with van der Waals surface area (Å²) in [7, 11) is -4.17. The van der Waals surface area contributed by atoms with Crippen molar-refractivity contribution >= 4 is 38.1 Å². The summed E-state index contributed by atoms with van der Waals surface area (Å²) in [5, 5.41) is 15.8. The fraction of sp³-hybridized carbons (Fsp3) is 0. The molecule has 18 heavy (non-hydrogen) atoms. The molecule has 0 saturated heterocycles. The van der Waals surface area contributed by atoms with Crippen molar-refractivity contribution in [2.75, 3.05) is 4.72 Å². The predicted molar refractivity (Wildman–Crippen MR) is 63.8 cm³/mol. The zero-order valence-corrected chi connectivity index (χ0v) is 10.9. The van der Waals surface area contributed by atoms with Gasteiger partial charge in [0.2, 0.25) is 5.13 Å². The van der Waals surface area contributed by atoms with Gasteiger partial charge in [-0.3, -0.25) is 4.72 Å². The number of anilines is 1. The zero-order valence-electron chi connectivity index (χ0n) is 8.46. The average Bonchev–Trinajstić information content (AvgIpc) is 2.75. The van der Waals surface area contributed by atoms with Gasteiger partial charge in [0.15, 0.2) is 0 Å². The maximum Gasteiger partial charge on any atom is 0.266 e. The fourth-order valence-corrected chi connectivity index (χ4v) is 3.12. The van der Waals surface area contributed by atoms with E-state index in [2.05, 4.69) is 10.2 Å². The average molecular weight is 310 g/mol. The van der Waals surface area contributed by atoms with Crippen LogP contribution < -0.4 is 4.72 Å². The van der Waals surface area contributed by atoms with Gasteiger partial charge in [-0.25, -0.2) is 12.8 Å². The summed E-state index contributed by atoms with van der Waals surface area (Å²) in [6.07, 6.45) is 0. The Morgan fingerprint density at radius 2 is 2.17 bits per heavy atom. The molecule has 1 aromatic heterocycles. The van der Waals surface area contributed by atoms with Crippen molar-refractivity contribution in [3.8, 4) is 5.75 Å². The first-order valence-electron chi connectivity index (χ1n) is 4.37. The summed E-state index contributed by atoms with van der Waals surface area (Å²) in [5.74, 6) is -1.65. The lowest BCUT2D eigenvalue weighted by Gasteiger charge is -2.07. The number of hydrogen-bond acceptors (Lipinski definition) is 6. The number of benzene rings is 1. The van der Waals surface area contributed by atoms with E-state index in [0.29, 0.717) is 6.07 Å². The summed E-state index contributed by atoms with van der Waals surface area (Å²) >= 11 is 6.48. The molecule has 2 rings (SSSR count). The number of nitrogens with zero attached hydrogens (tertiary/aromatic N) is 2. The lowest BCUT2D eigenvalue weighted by molar-refractivity contribution is 0.466. The van der Waals surface area contributed by atoms with Crippen LogP contribution in [0.5, 0.6) is 5.75 Å². The number of halogens is 2. The molecule has 1 aromatic carbocycles. The Kier molecular flexibility index (Phi) is 3.37. The van der Waals surface area contributed by atoms with Gasteiger partial charge in [0.05, 0.1) is 5.02 Å². The summed E-state index contributed by atoms with van der Waals surface area (Å²) in [4.78, 5) is -0.680. The van der Waals surface area contributed by atoms with Crippen molar-refractivity contribution in [3.05, 3.63) is 28.5 Å². The van der Waals surface area contributed by atoms with Crippen molar-refractivity contribution in [1.82, 2.24) is 10.2 Å². The molecule has 0 aliphatic carbocycles. The van der Waals surface area contributed by atoms with Crippen molar-refractivity contribution in [1.29, 1.82) is 0 Å². The van der Waals surface area contributed by atoms with Crippen molar-refractivity contribution in [2.45, 2.75) is 4.90 Å². The van der Waals surface area contributed by atoms with Crippen LogP contribution in [0.2, 0.25) is 5.02 Å². The van der Waals surface area contributed by atoms with Crippen molar-refractivity contribution < 1.29 is 17.9 Å². The molecule has 0 spiro atoms. The summed E-state index contributed by atoms with van der Waals surface area (Å²) in [5.41, 5.74) is 1.32. The normalized spacial score (nSPS) is 11.4. The second kappa shape index (κ2) is 4.67. The fourth-order valence-electron chi connectivity index (χ4n) is 1.11. The van der Waals surface area contributed by atoms with E-state index >= 15 is 0 Å². The zero-order chi connectivity index (χ0) is 13.3. The Labute approximate surface area is 110 Å². The number of aromatic nitrogens is 2. The van der Waals surface area contributed by atoms with Crippen LogP contribution in [-0.2, 0) is 10.0 Å². The second-order valence-corrected chi connectivity index (χ2v) is 5.97. The van der Waals surface area contributed by atoms with E-state index in [0.717, 1.165) is 17.4 Å². The van der Waals surface area contributed by atoms with Gasteiger partial charge in [-0.15, -0.1) is 10.2 Å². The van der Waals surface area contributed by atoms with E-state index in [9.17, 15) is 12.8 Å². The summed E-state index contributed by atoms with van der Waals surface area (Å²) in [6.45, 7) is 0. The molecule has 0 radical (unpaired) electrons. The van der Waals surface area contributed by atoms with Gasteiger partial charge in [0, 0.05) is 6.07 Å². The number of sulfonamides is 1. The highest BCUT2D eigenvalue weighted by molar-refractivity contribution is 7.93. The SMILES string of the molecule is O=S(=O)(Nc1nncs1)c1cc(Cl)c(O)cc1F. The summed E-state index contributed by atoms with van der Waals surface area (Å²) in [6, 6.07) is 1.44. The van der Waals surface area contributed by atoms with Gasteiger partial charge >= 0.3 is 0 Å². The number of rotatable bonds is 3. The van der Waals surface area contributed by atoms with Crippen LogP contribution in [0.1, 0.15) is 0 Å². The van der Waals surface area contributed by atoms with Gasteiger partial charge in [0.25, 0.3) is 10.0 Å². The first-order valence-corrected chi connectivity index (χ1v) is 7.11. The highest BCUT2D eigenvalue weighted by Gasteiger charge is 2.22. The van der Waals surface area contributed by atoms with Gasteiger partial charge in [-0.2, -0.15) is 0 Å². The standard InChI is InChI=1S/C8H5ClFN3O3S2/c9-4-1-7(5(10)2-6(4)14)18(15,16)13-8-12-11-3-17-8/h1-3,14H,(H,12,13). The number of nitrogens with one attached hydrogen (secondary N) is 1. The van der Waals surface area contributed by atoms with Crippen molar-refractivity contribution in [3.63, 3.8) is 0 Å². The van der Waals surface area contributed by atoms with Crippen LogP contribution in [-0.4, -0.2) is 23.7 Å². The van der Waals surface area contributed by atoms with E-state index in [1.807, 2.05) is 4.72 Å². The maximum atomic E-state index is 13.5. The van der Waals surface area contributed by atoms with E-state index in [1.165, 1.54) is 5.51 Å². The Hall–Kier alpha value is -1.45. The van der Waals surface area contributed by atoms with Crippen LogP contribution in [0.4, 0.5) is 9.52 Å². The van der Waals surface area contributed by atoms with Crippen LogP contribution in [0.3, 0.4) is 0 Å². The Morgan fingerprint density at radius 1 is 1.44 bits per heavy atom. The first kappa shape index (κ1) is 13.0. The minimum Gasteiger partial charge on any atom is -0.506 e. The molecule has 0 saturated carbocycles. The van der Waals surface area contributed by atoms with Gasteiger partial charge < -0.3 is 5.11 Å². The molecule has 2 aromatic rings. The topological polar surface area (TPSA) is 92.2 Å². The third kappa shape index (κ3) is 2.52. The van der Waals surface area contributed by atoms with Gasteiger partial charge in [0.1, 0.15) is 22.0 Å². The molecular formula is C8H5ClFN3O3S2. The molecule has 1 heterocycles. The minimum absolute atomic E-state index is 0.00130. The van der Waals surface area contributed by atoms with Crippen LogP contribution in [0, 0.1) is 5.82 Å². The molecule has 2 N–H and O–H groups in total. The second-order valence-electron chi connectivity index (χ2n) is 3.08. The number of hydrogen-bond donors (Lipinski definition) is 2. The monoisotopic (exact) mass is 309 g/mol. The maximum absolute atomic E-state index is 13.5. The van der Waals surface area contributed by atoms with E-state index in [4.69, 9.17) is 16.7 Å². The minimum atomic E-state index is -4.17. The lowest BCUT2D eigenvalue weighted by Crippen LogP contribution is -2.14. The molecule has 0 atom stereocenters. The molecule has 0 bridgehead atoms. The Morgan fingerprint density at radius 3 is 2.78 bits per heavy atom. The molecule has 10 heteroatoms. The van der Waals surface area contributed by atoms with Gasteiger partial charge in [-0.1, -0.05) is 22.9 Å². The lowest BCUT2D eigenvalue weighted by atomic mass is 10.3. The van der Waals surface area contributed by atoms with Crippen molar-refractivity contribution in [2.24, 2.45) is 0 Å². The molecule has 0 fully saturated rings. The van der Waals surface area contributed by atoms with Crippen LogP contribution in [0.15, 0.2) is 22.5 Å². The Bertz CT molecular complexity index is 675. The van der Waals surface area contributed by atoms with Gasteiger partial charge in [-0.05, 0) is 6.07 Å². The highest BCUT2D eigenvalue weighted by atomic mass is 35.5. The third-order valence-corrected chi connectivity index (χ3v) is 4.27. The molecule has 6 nitrogen and oxygen atoms in total. The van der Waals surface area contributed by atoms with E-state index < -0.39 is 26.5 Å². The number of phenols is 1. The Balaban J connectivity index is 2.44. The number of aromatic hydroxyl groups is 1. The van der Waals surface area contributed by atoms with E-state index in [1.54, 1.807) is 0 Å².